The minimum Gasteiger partial charge on any atom is -0.459 e. The fourth-order valence-electron chi connectivity index (χ4n) is 4.33. The third kappa shape index (κ3) is 7.70. The van der Waals surface area contributed by atoms with Crippen LogP contribution in [0.2, 0.25) is 0 Å². The maximum absolute atomic E-state index is 12.1. The summed E-state index contributed by atoms with van der Waals surface area (Å²) in [6.07, 6.45) is 6.05. The van der Waals surface area contributed by atoms with Crippen molar-refractivity contribution < 1.29 is 19.0 Å². The normalized spacial score (nSPS) is 18.9. The summed E-state index contributed by atoms with van der Waals surface area (Å²) < 4.78 is 16.1. The van der Waals surface area contributed by atoms with Crippen LogP contribution in [0.1, 0.15) is 72.0 Å². The molecule has 0 N–H and O–H groups in total. The van der Waals surface area contributed by atoms with Crippen molar-refractivity contribution in [1.29, 1.82) is 0 Å². The van der Waals surface area contributed by atoms with Crippen LogP contribution in [0.4, 0.5) is 5.69 Å². The van der Waals surface area contributed by atoms with Gasteiger partial charge < -0.3 is 19.1 Å². The number of carbonyl (C=O) groups excluding carboxylic acids is 1. The molecule has 0 amide bonds. The summed E-state index contributed by atoms with van der Waals surface area (Å²) in [5.41, 5.74) is 2.61. The molecule has 1 fully saturated rings. The molecule has 7 heteroatoms. The Hall–Kier alpha value is -1.60. The molecule has 5 nitrogen and oxygen atoms in total. The summed E-state index contributed by atoms with van der Waals surface area (Å²) >= 11 is 8.08. The lowest BCUT2D eigenvalue weighted by Crippen LogP contribution is -2.37. The monoisotopic (exact) mass is 507 g/mol. The Morgan fingerprint density at radius 3 is 2.71 bits per heavy atom. The maximum Gasteiger partial charge on any atom is 0.348 e. The molecule has 34 heavy (non-hydrogen) atoms. The Kier molecular flexibility index (Phi) is 11.2. The first kappa shape index (κ1) is 27.0. The van der Waals surface area contributed by atoms with E-state index < -0.39 is 0 Å². The predicted octanol–water partition coefficient (Wildman–Crippen LogP) is 6.64. The van der Waals surface area contributed by atoms with E-state index in [1.165, 1.54) is 48.3 Å². The van der Waals surface area contributed by atoms with Gasteiger partial charge in [-0.3, -0.25) is 0 Å². The molecule has 2 aromatic rings. The molecule has 188 valence electrons. The standard InChI is InChI=1S/C27H38ClNO4S/c1-4-5-6-7-20(2)21-8-10-22(11-9-21)29-15-14-24(28)25(29)19-32-18-23-12-13-26(34-23)27(30)33-17-16-31-3/h8-13,20,24-25H,4-7,14-19H2,1-3H3/t20?,24?,25-/m0/s1. The zero-order valence-corrected chi connectivity index (χ0v) is 22.2. The number of alkyl halides is 1. The van der Waals surface area contributed by atoms with Crippen LogP contribution in [0.25, 0.3) is 0 Å². The molecule has 1 aliphatic rings. The van der Waals surface area contributed by atoms with E-state index in [9.17, 15) is 4.79 Å². The molecule has 1 aliphatic heterocycles. The van der Waals surface area contributed by atoms with Crippen molar-refractivity contribution in [1.82, 2.24) is 0 Å². The number of anilines is 1. The van der Waals surface area contributed by atoms with E-state index in [1.807, 2.05) is 6.07 Å². The van der Waals surface area contributed by atoms with Gasteiger partial charge in [0.1, 0.15) is 11.5 Å². The third-order valence-electron chi connectivity index (χ3n) is 6.41. The SMILES string of the molecule is CCCCCC(C)c1ccc(N2CCC(Cl)[C@@H]2COCc2ccc(C(=O)OCCOC)s2)cc1. The Balaban J connectivity index is 1.50. The smallest absolute Gasteiger partial charge is 0.348 e. The summed E-state index contributed by atoms with van der Waals surface area (Å²) in [6, 6.07) is 12.8. The number of ether oxygens (including phenoxy) is 3. The van der Waals surface area contributed by atoms with Crippen LogP contribution < -0.4 is 4.90 Å². The summed E-state index contributed by atoms with van der Waals surface area (Å²) in [7, 11) is 1.58. The first-order valence-electron chi connectivity index (χ1n) is 12.4. The lowest BCUT2D eigenvalue weighted by Gasteiger charge is -2.28. The zero-order chi connectivity index (χ0) is 24.3. The first-order valence-corrected chi connectivity index (χ1v) is 13.6. The minimum atomic E-state index is -0.320. The fourth-order valence-corrected chi connectivity index (χ4v) is 5.47. The molecule has 3 atom stereocenters. The number of hydrogen-bond donors (Lipinski definition) is 0. The molecule has 1 aromatic carbocycles. The van der Waals surface area contributed by atoms with Gasteiger partial charge in [0.2, 0.25) is 0 Å². The first-order chi connectivity index (χ1) is 16.5. The number of benzene rings is 1. The molecule has 0 saturated carbocycles. The molecule has 0 bridgehead atoms. The topological polar surface area (TPSA) is 48.0 Å². The number of methoxy groups -OCH3 is 1. The van der Waals surface area contributed by atoms with Crippen molar-refractivity contribution in [2.75, 3.05) is 38.4 Å². The summed E-state index contributed by atoms with van der Waals surface area (Å²) in [4.78, 5) is 16.0. The average molecular weight is 508 g/mol. The Morgan fingerprint density at radius 1 is 1.18 bits per heavy atom. The van der Waals surface area contributed by atoms with E-state index in [2.05, 4.69) is 43.0 Å². The Bertz CT molecular complexity index is 872. The molecule has 1 saturated heterocycles. The second-order valence-corrected chi connectivity index (χ2v) is 10.7. The summed E-state index contributed by atoms with van der Waals surface area (Å²) in [5, 5.41) is 0.0577. The molecule has 3 rings (SSSR count). The number of carbonyl (C=O) groups is 1. The van der Waals surface area contributed by atoms with Crippen LogP contribution in [-0.4, -0.2) is 50.9 Å². The van der Waals surface area contributed by atoms with Crippen molar-refractivity contribution in [2.45, 2.75) is 69.9 Å². The number of rotatable bonds is 14. The second-order valence-electron chi connectivity index (χ2n) is 8.96. The Morgan fingerprint density at radius 2 is 1.97 bits per heavy atom. The molecular formula is C27H38ClNO4S. The van der Waals surface area contributed by atoms with Crippen molar-refractivity contribution >= 4 is 34.6 Å². The largest absolute Gasteiger partial charge is 0.459 e. The summed E-state index contributed by atoms with van der Waals surface area (Å²) in [6.45, 7) is 7.16. The highest BCUT2D eigenvalue weighted by atomic mass is 35.5. The highest BCUT2D eigenvalue weighted by Gasteiger charge is 2.33. The van der Waals surface area contributed by atoms with Crippen molar-refractivity contribution in [3.8, 4) is 0 Å². The van der Waals surface area contributed by atoms with Gasteiger partial charge in [0.25, 0.3) is 0 Å². The zero-order valence-electron chi connectivity index (χ0n) is 20.6. The number of unbranched alkanes of at least 4 members (excludes halogenated alkanes) is 2. The van der Waals surface area contributed by atoms with E-state index in [0.717, 1.165) is 17.8 Å². The van der Waals surface area contributed by atoms with E-state index >= 15 is 0 Å². The number of thiophene rings is 1. The lowest BCUT2D eigenvalue weighted by atomic mass is 9.95. The third-order valence-corrected chi connectivity index (χ3v) is 7.96. The van der Waals surface area contributed by atoms with Crippen LogP contribution >= 0.6 is 22.9 Å². The van der Waals surface area contributed by atoms with Crippen molar-refractivity contribution in [2.24, 2.45) is 0 Å². The van der Waals surface area contributed by atoms with Crippen LogP contribution in [0.3, 0.4) is 0 Å². The molecule has 0 radical (unpaired) electrons. The van der Waals surface area contributed by atoms with Crippen LogP contribution in [0.15, 0.2) is 36.4 Å². The second kappa shape index (κ2) is 14.1. The molecular weight excluding hydrogens is 470 g/mol. The molecule has 0 spiro atoms. The summed E-state index contributed by atoms with van der Waals surface area (Å²) in [5.74, 6) is 0.270. The molecule has 2 heterocycles. The van der Waals surface area contributed by atoms with Crippen LogP contribution in [0, 0.1) is 0 Å². The van der Waals surface area contributed by atoms with Gasteiger partial charge in [0.15, 0.2) is 0 Å². The van der Waals surface area contributed by atoms with Gasteiger partial charge >= 0.3 is 5.97 Å². The van der Waals surface area contributed by atoms with Crippen LogP contribution in [-0.2, 0) is 20.8 Å². The van der Waals surface area contributed by atoms with Gasteiger partial charge in [-0.15, -0.1) is 22.9 Å². The molecule has 2 unspecified atom stereocenters. The maximum atomic E-state index is 12.1. The van der Waals surface area contributed by atoms with E-state index in [4.69, 9.17) is 25.8 Å². The van der Waals surface area contributed by atoms with Gasteiger partial charge in [-0.25, -0.2) is 4.79 Å². The number of halogens is 1. The van der Waals surface area contributed by atoms with E-state index in [1.54, 1.807) is 13.2 Å². The number of nitrogens with zero attached hydrogens (tertiary/aromatic N) is 1. The van der Waals surface area contributed by atoms with E-state index in [-0.39, 0.29) is 24.0 Å². The van der Waals surface area contributed by atoms with Crippen molar-refractivity contribution in [3.63, 3.8) is 0 Å². The lowest BCUT2D eigenvalue weighted by molar-refractivity contribution is 0.0393. The highest BCUT2D eigenvalue weighted by molar-refractivity contribution is 7.13. The van der Waals surface area contributed by atoms with Gasteiger partial charge in [-0.1, -0.05) is 45.2 Å². The molecule has 0 aliphatic carbocycles. The predicted molar refractivity (Wildman–Crippen MR) is 141 cm³/mol. The quantitative estimate of drug-likeness (QED) is 0.163. The van der Waals surface area contributed by atoms with Crippen LogP contribution in [0.5, 0.6) is 0 Å². The highest BCUT2D eigenvalue weighted by Crippen LogP contribution is 2.31. The van der Waals surface area contributed by atoms with Gasteiger partial charge in [-0.2, -0.15) is 0 Å². The van der Waals surface area contributed by atoms with Gasteiger partial charge in [-0.05, 0) is 48.6 Å². The number of esters is 1. The van der Waals surface area contributed by atoms with Gasteiger partial charge in [0.05, 0.1) is 31.2 Å². The molecule has 1 aromatic heterocycles. The minimum absolute atomic E-state index is 0.0577. The Labute approximate surface area is 213 Å². The average Bonchev–Trinajstić information content (AvgIpc) is 3.46. The van der Waals surface area contributed by atoms with Gasteiger partial charge in [0, 0.05) is 24.2 Å². The number of hydrogen-bond acceptors (Lipinski definition) is 6. The van der Waals surface area contributed by atoms with E-state index in [0.29, 0.717) is 30.6 Å². The van der Waals surface area contributed by atoms with Crippen molar-refractivity contribution in [3.05, 3.63) is 51.7 Å². The fraction of sp³-hybridized carbons (Fsp3) is 0.593.